The van der Waals surface area contributed by atoms with Gasteiger partial charge in [-0.3, -0.25) is 9.59 Å². The monoisotopic (exact) mass is 412 g/mol. The maximum Gasteiger partial charge on any atom is 0.225 e. The van der Waals surface area contributed by atoms with Crippen molar-refractivity contribution in [3.8, 4) is 0 Å². The van der Waals surface area contributed by atoms with Crippen molar-refractivity contribution in [1.82, 2.24) is 10.2 Å². The summed E-state index contributed by atoms with van der Waals surface area (Å²) in [5.41, 5.74) is 0. The molecule has 1 N–H and O–H groups in total. The third-order valence-electron chi connectivity index (χ3n) is 4.09. The van der Waals surface area contributed by atoms with E-state index in [-0.39, 0.29) is 23.8 Å². The number of halogens is 1. The van der Waals surface area contributed by atoms with Gasteiger partial charge in [-0.1, -0.05) is 26.0 Å². The molecule has 0 unspecified atom stereocenters. The lowest BCUT2D eigenvalue weighted by Gasteiger charge is -2.33. The highest BCUT2D eigenvalue weighted by atomic mass is 79.9. The van der Waals surface area contributed by atoms with Crippen LogP contribution in [0.2, 0.25) is 0 Å². The Morgan fingerprint density at radius 3 is 2.58 bits per heavy atom. The van der Waals surface area contributed by atoms with E-state index in [1.807, 2.05) is 43.0 Å². The fourth-order valence-corrected chi connectivity index (χ4v) is 4.24. The van der Waals surface area contributed by atoms with Crippen LogP contribution in [0.3, 0.4) is 0 Å². The van der Waals surface area contributed by atoms with Crippen molar-refractivity contribution in [3.63, 3.8) is 0 Å². The zero-order chi connectivity index (χ0) is 17.5. The van der Waals surface area contributed by atoms with Gasteiger partial charge in [0.05, 0.1) is 0 Å². The van der Waals surface area contributed by atoms with E-state index in [1.54, 1.807) is 11.8 Å². The second-order valence-electron chi connectivity index (χ2n) is 6.35. The number of amides is 2. The fourth-order valence-electron chi connectivity index (χ4n) is 2.72. The maximum absolute atomic E-state index is 12.1. The molecule has 1 aliphatic rings. The van der Waals surface area contributed by atoms with Crippen molar-refractivity contribution >= 4 is 39.5 Å². The van der Waals surface area contributed by atoms with Gasteiger partial charge in [-0.15, -0.1) is 11.8 Å². The molecule has 2 rings (SSSR count). The van der Waals surface area contributed by atoms with Crippen molar-refractivity contribution < 1.29 is 9.59 Å². The first-order chi connectivity index (χ1) is 11.5. The van der Waals surface area contributed by atoms with Gasteiger partial charge in [-0.2, -0.15) is 0 Å². The quantitative estimate of drug-likeness (QED) is 0.724. The number of hydrogen-bond donors (Lipinski definition) is 1. The summed E-state index contributed by atoms with van der Waals surface area (Å²) in [5.74, 6) is 1.12. The average molecular weight is 413 g/mol. The molecule has 0 radical (unpaired) electrons. The Labute approximate surface area is 156 Å². The Morgan fingerprint density at radius 2 is 1.96 bits per heavy atom. The number of benzene rings is 1. The molecule has 0 spiro atoms. The number of piperidine rings is 1. The first-order valence-electron chi connectivity index (χ1n) is 8.43. The molecule has 6 heteroatoms. The first kappa shape index (κ1) is 19.3. The van der Waals surface area contributed by atoms with Gasteiger partial charge >= 0.3 is 0 Å². The van der Waals surface area contributed by atoms with E-state index in [9.17, 15) is 9.59 Å². The van der Waals surface area contributed by atoms with Crippen LogP contribution < -0.4 is 5.32 Å². The molecule has 0 saturated carbocycles. The third-order valence-corrected chi connectivity index (χ3v) is 6.12. The Balaban J connectivity index is 1.67. The fraction of sp³-hybridized carbons (Fsp3) is 0.556. The van der Waals surface area contributed by atoms with E-state index in [0.29, 0.717) is 6.42 Å². The number of carbonyl (C=O) groups is 2. The molecule has 1 fully saturated rings. The van der Waals surface area contributed by atoms with E-state index in [0.717, 1.165) is 41.1 Å². The molecular weight excluding hydrogens is 388 g/mol. The largest absolute Gasteiger partial charge is 0.353 e. The van der Waals surface area contributed by atoms with Gasteiger partial charge in [-0.25, -0.2) is 0 Å². The van der Waals surface area contributed by atoms with Gasteiger partial charge in [0.15, 0.2) is 0 Å². The molecule has 1 aromatic carbocycles. The SMILES string of the molecule is CC(C)C(=O)N1CCC(NC(=O)CCSc2ccccc2Br)CC1. The van der Waals surface area contributed by atoms with Crippen LogP contribution in [0, 0.1) is 5.92 Å². The molecule has 1 aliphatic heterocycles. The van der Waals surface area contributed by atoms with Crippen LogP contribution in [0.5, 0.6) is 0 Å². The second-order valence-corrected chi connectivity index (χ2v) is 8.34. The summed E-state index contributed by atoms with van der Waals surface area (Å²) < 4.78 is 1.07. The van der Waals surface area contributed by atoms with Crippen LogP contribution in [0.15, 0.2) is 33.6 Å². The average Bonchev–Trinajstić information content (AvgIpc) is 2.56. The third kappa shape index (κ3) is 5.81. The van der Waals surface area contributed by atoms with Crippen molar-refractivity contribution in [2.45, 2.75) is 44.0 Å². The van der Waals surface area contributed by atoms with Crippen LogP contribution in [0.1, 0.15) is 33.1 Å². The van der Waals surface area contributed by atoms with Gasteiger partial charge in [-0.05, 0) is 40.9 Å². The van der Waals surface area contributed by atoms with Gasteiger partial charge in [0.1, 0.15) is 0 Å². The van der Waals surface area contributed by atoms with Crippen molar-refractivity contribution in [1.29, 1.82) is 0 Å². The van der Waals surface area contributed by atoms with Crippen LogP contribution >= 0.6 is 27.7 Å². The molecule has 1 saturated heterocycles. The van der Waals surface area contributed by atoms with Gasteiger partial charge < -0.3 is 10.2 Å². The number of nitrogens with one attached hydrogen (secondary N) is 1. The minimum atomic E-state index is 0.0467. The molecule has 0 aliphatic carbocycles. The lowest BCUT2D eigenvalue weighted by atomic mass is 10.0. The number of likely N-dealkylation sites (tertiary alicyclic amines) is 1. The van der Waals surface area contributed by atoms with Gasteiger partial charge in [0, 0.05) is 46.6 Å². The normalized spacial score (nSPS) is 15.6. The Morgan fingerprint density at radius 1 is 1.29 bits per heavy atom. The summed E-state index contributed by atoms with van der Waals surface area (Å²) in [6.07, 6.45) is 2.21. The summed E-state index contributed by atoms with van der Waals surface area (Å²) >= 11 is 5.20. The molecule has 1 aromatic rings. The predicted octanol–water partition coefficient (Wildman–Crippen LogP) is 3.69. The van der Waals surface area contributed by atoms with Crippen LogP contribution in [-0.2, 0) is 9.59 Å². The molecule has 132 valence electrons. The zero-order valence-corrected chi connectivity index (χ0v) is 16.7. The van der Waals surface area contributed by atoms with E-state index in [4.69, 9.17) is 0 Å². The number of hydrogen-bond acceptors (Lipinski definition) is 3. The summed E-state index contributed by atoms with van der Waals surface area (Å²) in [6.45, 7) is 5.35. The van der Waals surface area contributed by atoms with Crippen LogP contribution in [0.25, 0.3) is 0 Å². The lowest BCUT2D eigenvalue weighted by molar-refractivity contribution is -0.135. The molecule has 0 atom stereocenters. The highest BCUT2D eigenvalue weighted by Gasteiger charge is 2.24. The van der Waals surface area contributed by atoms with E-state index < -0.39 is 0 Å². The molecular formula is C18H25BrN2O2S. The Hall–Kier alpha value is -1.01. The van der Waals surface area contributed by atoms with Crippen molar-refractivity contribution in [3.05, 3.63) is 28.7 Å². The molecule has 1 heterocycles. The number of thioether (sulfide) groups is 1. The van der Waals surface area contributed by atoms with Gasteiger partial charge in [0.25, 0.3) is 0 Å². The molecule has 24 heavy (non-hydrogen) atoms. The summed E-state index contributed by atoms with van der Waals surface area (Å²) in [5, 5.41) is 3.11. The Kier molecular flexibility index (Phi) is 7.62. The standard InChI is InChI=1S/C18H25BrN2O2S/c1-13(2)18(23)21-10-7-14(8-11-21)20-17(22)9-12-24-16-6-4-3-5-15(16)19/h3-6,13-14H,7-12H2,1-2H3,(H,20,22). The maximum atomic E-state index is 12.1. The van der Waals surface area contributed by atoms with Gasteiger partial charge in [0.2, 0.25) is 11.8 Å². The molecule has 4 nitrogen and oxygen atoms in total. The summed E-state index contributed by atoms with van der Waals surface area (Å²) in [7, 11) is 0. The van der Waals surface area contributed by atoms with E-state index in [1.165, 1.54) is 0 Å². The summed E-state index contributed by atoms with van der Waals surface area (Å²) in [6, 6.07) is 8.24. The number of nitrogens with zero attached hydrogens (tertiary/aromatic N) is 1. The molecule has 0 aromatic heterocycles. The number of carbonyl (C=O) groups excluding carboxylic acids is 2. The minimum absolute atomic E-state index is 0.0467. The smallest absolute Gasteiger partial charge is 0.225 e. The molecule has 0 bridgehead atoms. The first-order valence-corrected chi connectivity index (χ1v) is 10.2. The predicted molar refractivity (Wildman–Crippen MR) is 102 cm³/mol. The topological polar surface area (TPSA) is 49.4 Å². The Bertz CT molecular complexity index is 572. The zero-order valence-electron chi connectivity index (χ0n) is 14.3. The lowest BCUT2D eigenvalue weighted by Crippen LogP contribution is -2.47. The second kappa shape index (κ2) is 9.47. The summed E-state index contributed by atoms with van der Waals surface area (Å²) in [4.78, 5) is 27.1. The van der Waals surface area contributed by atoms with E-state index in [2.05, 4.69) is 21.2 Å². The van der Waals surface area contributed by atoms with E-state index >= 15 is 0 Å². The molecule has 2 amide bonds. The minimum Gasteiger partial charge on any atom is -0.353 e. The highest BCUT2D eigenvalue weighted by Crippen LogP contribution is 2.27. The van der Waals surface area contributed by atoms with Crippen molar-refractivity contribution in [2.24, 2.45) is 5.92 Å². The van der Waals surface area contributed by atoms with Crippen LogP contribution in [0.4, 0.5) is 0 Å². The number of rotatable bonds is 6. The van der Waals surface area contributed by atoms with Crippen LogP contribution in [-0.4, -0.2) is 41.6 Å². The van der Waals surface area contributed by atoms with Crippen molar-refractivity contribution in [2.75, 3.05) is 18.8 Å². The highest BCUT2D eigenvalue weighted by molar-refractivity contribution is 9.10.